The van der Waals surface area contributed by atoms with E-state index in [0.717, 1.165) is 11.1 Å². The zero-order valence-corrected chi connectivity index (χ0v) is 15.1. The second-order valence-corrected chi connectivity index (χ2v) is 7.00. The lowest BCUT2D eigenvalue weighted by Gasteiger charge is -2.27. The molecule has 0 bridgehead atoms. The lowest BCUT2D eigenvalue weighted by molar-refractivity contribution is 0.475. The molecule has 0 saturated carbocycles. The Labute approximate surface area is 153 Å². The number of hydrogen-bond donors (Lipinski definition) is 1. The van der Waals surface area contributed by atoms with Crippen LogP contribution in [-0.4, -0.2) is 5.11 Å². The van der Waals surface area contributed by atoms with E-state index >= 15 is 0 Å². The molecule has 0 radical (unpaired) electrons. The molecule has 2 aromatic rings. The molecule has 0 atom stereocenters. The molecule has 7 heteroatoms. The molecule has 120 valence electrons. The van der Waals surface area contributed by atoms with Crippen LogP contribution >= 0.6 is 46.4 Å². The van der Waals surface area contributed by atoms with Crippen molar-refractivity contribution in [3.8, 4) is 17.8 Å². The second kappa shape index (κ2) is 6.67. The van der Waals surface area contributed by atoms with Crippen molar-refractivity contribution in [2.24, 2.45) is 0 Å². The van der Waals surface area contributed by atoms with Gasteiger partial charge in [0.2, 0.25) is 0 Å². The Bertz CT molecular complexity index is 766. The Morgan fingerprint density at radius 2 is 1.30 bits per heavy atom. The van der Waals surface area contributed by atoms with E-state index in [1.54, 1.807) is 30.5 Å². The van der Waals surface area contributed by atoms with Crippen LogP contribution in [0, 0.1) is 11.5 Å². The minimum Gasteiger partial charge on any atom is -0.505 e. The summed E-state index contributed by atoms with van der Waals surface area (Å²) in [7, 11) is 0. The second-order valence-electron chi connectivity index (χ2n) is 5.38. The summed E-state index contributed by atoms with van der Waals surface area (Å²) in [5, 5.41) is 19.1. The van der Waals surface area contributed by atoms with Gasteiger partial charge in [-0.05, 0) is 35.4 Å². The van der Waals surface area contributed by atoms with Crippen molar-refractivity contribution >= 4 is 46.4 Å². The molecule has 0 saturated heterocycles. The van der Waals surface area contributed by atoms with Gasteiger partial charge in [-0.2, -0.15) is 0 Å². The van der Waals surface area contributed by atoms with Gasteiger partial charge in [0.15, 0.2) is 11.5 Å². The number of hydrogen-bond acceptors (Lipinski definition) is 3. The van der Waals surface area contributed by atoms with Crippen LogP contribution in [0.25, 0.3) is 0 Å². The minimum absolute atomic E-state index is 0.108. The largest absolute Gasteiger partial charge is 0.505 e. The Kier molecular flexibility index (Phi) is 5.23. The molecule has 23 heavy (non-hydrogen) atoms. The highest BCUT2D eigenvalue weighted by atomic mass is 35.5. The van der Waals surface area contributed by atoms with Gasteiger partial charge in [0.25, 0.3) is 6.26 Å². The van der Waals surface area contributed by atoms with Gasteiger partial charge in [-0.25, -0.2) is 0 Å². The maximum Gasteiger partial charge on any atom is 0.292 e. The van der Waals surface area contributed by atoms with Gasteiger partial charge in [-0.1, -0.05) is 60.3 Å². The number of benzene rings is 2. The average Bonchev–Trinajstić information content (AvgIpc) is 2.47. The third kappa shape index (κ3) is 3.46. The molecule has 0 heterocycles. The van der Waals surface area contributed by atoms with Gasteiger partial charge < -0.3 is 9.84 Å². The number of rotatable bonds is 3. The summed E-state index contributed by atoms with van der Waals surface area (Å²) in [4.78, 5) is 0. The first kappa shape index (κ1) is 18.0. The smallest absolute Gasteiger partial charge is 0.292 e. The highest BCUT2D eigenvalue weighted by molar-refractivity contribution is 6.38. The van der Waals surface area contributed by atoms with Crippen molar-refractivity contribution in [3.05, 3.63) is 55.5 Å². The Hall–Kier alpha value is -1.31. The van der Waals surface area contributed by atoms with E-state index in [1.165, 1.54) is 0 Å². The van der Waals surface area contributed by atoms with Gasteiger partial charge in [0, 0.05) is 5.41 Å². The molecule has 1 N–H and O–H groups in total. The number of ether oxygens (including phenoxy) is 1. The lowest BCUT2D eigenvalue weighted by Crippen LogP contribution is -2.19. The number of aromatic hydroxyl groups is 1. The van der Waals surface area contributed by atoms with Crippen LogP contribution in [0.15, 0.2) is 24.3 Å². The van der Waals surface area contributed by atoms with Crippen LogP contribution in [0.5, 0.6) is 11.5 Å². The fourth-order valence-electron chi connectivity index (χ4n) is 2.16. The van der Waals surface area contributed by atoms with Crippen LogP contribution in [0.1, 0.15) is 25.0 Å². The fraction of sp³-hybridized carbons (Fsp3) is 0.188. The summed E-state index contributed by atoms with van der Waals surface area (Å²) < 4.78 is 4.76. The predicted octanol–water partition coefficient (Wildman–Crippen LogP) is 6.19. The molecule has 3 nitrogen and oxygen atoms in total. The topological polar surface area (TPSA) is 53.2 Å². The standard InChI is InChI=1S/C16H11Cl4NO2/c1-16(2,8-3-10(17)14(22)11(18)4-8)9-5-12(19)15(23-7-21)13(20)6-9/h3-6,22H,1-2H3. The van der Waals surface area contributed by atoms with Crippen LogP contribution in [0.4, 0.5) is 0 Å². The molecule has 0 fully saturated rings. The third-order valence-corrected chi connectivity index (χ3v) is 4.74. The summed E-state index contributed by atoms with van der Waals surface area (Å²) in [6.07, 6.45) is 1.55. The summed E-state index contributed by atoms with van der Waals surface area (Å²) in [5.74, 6) is -0.0566. The fourth-order valence-corrected chi connectivity index (χ4v) is 3.21. The minimum atomic E-state index is -0.556. The molecule has 0 aliphatic heterocycles. The van der Waals surface area contributed by atoms with E-state index in [2.05, 4.69) is 0 Å². The van der Waals surface area contributed by atoms with E-state index in [4.69, 9.17) is 56.4 Å². The van der Waals surface area contributed by atoms with Crippen molar-refractivity contribution < 1.29 is 9.84 Å². The lowest BCUT2D eigenvalue weighted by atomic mass is 9.78. The quantitative estimate of drug-likeness (QED) is 0.635. The molecule has 0 aliphatic rings. The first-order chi connectivity index (χ1) is 10.7. The van der Waals surface area contributed by atoms with E-state index < -0.39 is 5.41 Å². The SMILES string of the molecule is CC(C)(c1cc(Cl)c(O)c(Cl)c1)c1cc(Cl)c(OC#N)c(Cl)c1. The van der Waals surface area contributed by atoms with Crippen LogP contribution in [-0.2, 0) is 5.41 Å². The zero-order valence-electron chi connectivity index (χ0n) is 12.1. The monoisotopic (exact) mass is 389 g/mol. The molecule has 0 unspecified atom stereocenters. The summed E-state index contributed by atoms with van der Waals surface area (Å²) in [6.45, 7) is 3.86. The van der Waals surface area contributed by atoms with Crippen molar-refractivity contribution in [3.63, 3.8) is 0 Å². The van der Waals surface area contributed by atoms with E-state index in [0.29, 0.717) is 0 Å². The van der Waals surface area contributed by atoms with E-state index in [-0.39, 0.29) is 31.6 Å². The molecule has 2 rings (SSSR count). The average molecular weight is 391 g/mol. The summed E-state index contributed by atoms with van der Waals surface area (Å²) in [5.41, 5.74) is 0.987. The summed E-state index contributed by atoms with van der Waals surface area (Å²) in [6, 6.07) is 6.58. The maximum atomic E-state index is 9.70. The van der Waals surface area contributed by atoms with Gasteiger partial charge in [0.05, 0.1) is 20.1 Å². The van der Waals surface area contributed by atoms with Crippen LogP contribution in [0.2, 0.25) is 20.1 Å². The molecule has 0 spiro atoms. The normalized spacial score (nSPS) is 11.2. The van der Waals surface area contributed by atoms with Crippen molar-refractivity contribution in [1.82, 2.24) is 0 Å². The van der Waals surface area contributed by atoms with Crippen molar-refractivity contribution in [2.45, 2.75) is 19.3 Å². The molecule has 0 aliphatic carbocycles. The van der Waals surface area contributed by atoms with Gasteiger partial charge >= 0.3 is 0 Å². The van der Waals surface area contributed by atoms with Crippen LogP contribution in [0.3, 0.4) is 0 Å². The summed E-state index contributed by atoms with van der Waals surface area (Å²) >= 11 is 24.3. The third-order valence-electron chi connectivity index (χ3n) is 3.61. The molecule has 0 aromatic heterocycles. The number of nitriles is 1. The highest BCUT2D eigenvalue weighted by Crippen LogP contribution is 2.43. The van der Waals surface area contributed by atoms with Crippen molar-refractivity contribution in [2.75, 3.05) is 0 Å². The van der Waals surface area contributed by atoms with Crippen LogP contribution < -0.4 is 4.74 Å². The van der Waals surface area contributed by atoms with Gasteiger partial charge in [0.1, 0.15) is 0 Å². The number of halogens is 4. The molecular formula is C16H11Cl4NO2. The Balaban J connectivity index is 2.58. The number of phenols is 1. The van der Waals surface area contributed by atoms with Crippen molar-refractivity contribution in [1.29, 1.82) is 5.26 Å². The Morgan fingerprint density at radius 3 is 1.70 bits per heavy atom. The van der Waals surface area contributed by atoms with Gasteiger partial charge in [-0.15, -0.1) is 5.26 Å². The predicted molar refractivity (Wildman–Crippen MR) is 93.0 cm³/mol. The first-order valence-corrected chi connectivity index (χ1v) is 7.93. The molecule has 0 amide bonds. The zero-order chi connectivity index (χ0) is 17.4. The molecular weight excluding hydrogens is 380 g/mol. The van der Waals surface area contributed by atoms with E-state index in [9.17, 15) is 5.11 Å². The molecule has 2 aromatic carbocycles. The Morgan fingerprint density at radius 1 is 0.913 bits per heavy atom. The number of nitrogens with zero attached hydrogens (tertiary/aromatic N) is 1. The highest BCUT2D eigenvalue weighted by Gasteiger charge is 2.27. The van der Waals surface area contributed by atoms with E-state index in [1.807, 2.05) is 13.8 Å². The van der Waals surface area contributed by atoms with Gasteiger partial charge in [-0.3, -0.25) is 0 Å². The maximum absolute atomic E-state index is 9.70. The number of phenolic OH excluding ortho intramolecular Hbond substituents is 1. The first-order valence-electron chi connectivity index (χ1n) is 6.42.